The standard InChI is InChI=1S/C30H38FN5O5/c1-19(15-26(37)41-30(2,3)4)24(16-20-9-7-6-8-10-20)35-29-23(31)18-22(27(32)38)28(36-29)34-21-11-12-33-25(17-21)40-14-13-39-5/h6-12,17-19,24H,13-16H2,1-5H3,(H2,32,38)(H2,33,34,35,36)/t19-,24-/m1/s1. The van der Waals surface area contributed by atoms with Gasteiger partial charge in [-0.25, -0.2) is 14.4 Å². The molecule has 0 bridgehead atoms. The van der Waals surface area contributed by atoms with E-state index in [1.807, 2.05) is 37.3 Å². The Bertz CT molecular complexity index is 1320. The number of benzene rings is 1. The van der Waals surface area contributed by atoms with Gasteiger partial charge in [-0.2, -0.15) is 0 Å². The molecule has 2 heterocycles. The van der Waals surface area contributed by atoms with Gasteiger partial charge in [-0.1, -0.05) is 37.3 Å². The topological polar surface area (TPSA) is 138 Å². The van der Waals surface area contributed by atoms with Crippen LogP contribution in [-0.2, 0) is 20.7 Å². The van der Waals surface area contributed by atoms with Gasteiger partial charge in [-0.3, -0.25) is 9.59 Å². The van der Waals surface area contributed by atoms with E-state index in [-0.39, 0.29) is 35.5 Å². The number of carbonyl (C=O) groups is 2. The van der Waals surface area contributed by atoms with E-state index < -0.39 is 23.4 Å². The number of carbonyl (C=O) groups excluding carboxylic acids is 2. The number of pyridine rings is 2. The second-order valence-electron chi connectivity index (χ2n) is 10.6. The van der Waals surface area contributed by atoms with E-state index in [1.54, 1.807) is 40.0 Å². The molecule has 220 valence electrons. The van der Waals surface area contributed by atoms with Gasteiger partial charge in [0.2, 0.25) is 5.88 Å². The minimum absolute atomic E-state index is 0.0497. The highest BCUT2D eigenvalue weighted by molar-refractivity contribution is 5.98. The zero-order chi connectivity index (χ0) is 30.0. The number of halogens is 1. The number of ether oxygens (including phenoxy) is 3. The first-order valence-electron chi connectivity index (χ1n) is 13.3. The number of primary amides is 1. The number of nitrogens with two attached hydrogens (primary N) is 1. The molecule has 0 unspecified atom stereocenters. The van der Waals surface area contributed by atoms with Crippen molar-refractivity contribution in [3.8, 4) is 5.88 Å². The number of hydrogen-bond donors (Lipinski definition) is 3. The van der Waals surface area contributed by atoms with Gasteiger partial charge in [0.15, 0.2) is 11.6 Å². The fourth-order valence-corrected chi connectivity index (χ4v) is 4.03. The van der Waals surface area contributed by atoms with Gasteiger partial charge in [0.25, 0.3) is 5.91 Å². The van der Waals surface area contributed by atoms with E-state index in [0.29, 0.717) is 31.2 Å². The lowest BCUT2D eigenvalue weighted by atomic mass is 9.92. The Morgan fingerprint density at radius 3 is 2.46 bits per heavy atom. The van der Waals surface area contributed by atoms with Crippen molar-refractivity contribution in [1.82, 2.24) is 9.97 Å². The van der Waals surface area contributed by atoms with Crippen LogP contribution in [0.2, 0.25) is 0 Å². The van der Waals surface area contributed by atoms with E-state index in [9.17, 15) is 9.59 Å². The number of amides is 1. The molecule has 0 radical (unpaired) electrons. The van der Waals surface area contributed by atoms with Crippen LogP contribution in [0.1, 0.15) is 50.0 Å². The van der Waals surface area contributed by atoms with Gasteiger partial charge in [0, 0.05) is 31.1 Å². The number of hydrogen-bond acceptors (Lipinski definition) is 9. The van der Waals surface area contributed by atoms with Gasteiger partial charge >= 0.3 is 5.97 Å². The van der Waals surface area contributed by atoms with E-state index in [2.05, 4.69) is 20.6 Å². The molecule has 3 rings (SSSR count). The van der Waals surface area contributed by atoms with Crippen molar-refractivity contribution in [2.75, 3.05) is 31.0 Å². The predicted octanol–water partition coefficient (Wildman–Crippen LogP) is 4.87. The lowest BCUT2D eigenvalue weighted by molar-refractivity contribution is -0.155. The lowest BCUT2D eigenvalue weighted by Gasteiger charge is -2.27. The molecule has 0 saturated carbocycles. The summed E-state index contributed by atoms with van der Waals surface area (Å²) < 4.78 is 31.4. The Labute approximate surface area is 239 Å². The summed E-state index contributed by atoms with van der Waals surface area (Å²) in [6.07, 6.45) is 2.11. The Morgan fingerprint density at radius 2 is 1.80 bits per heavy atom. The molecule has 3 aromatic rings. The first-order chi connectivity index (χ1) is 19.4. The van der Waals surface area contributed by atoms with Crippen LogP contribution in [0.25, 0.3) is 0 Å². The van der Waals surface area contributed by atoms with E-state index >= 15 is 4.39 Å². The molecule has 0 aliphatic heterocycles. The Balaban J connectivity index is 1.90. The summed E-state index contributed by atoms with van der Waals surface area (Å²) in [5.41, 5.74) is 6.28. The molecule has 2 atom stereocenters. The average molecular weight is 568 g/mol. The monoisotopic (exact) mass is 567 g/mol. The summed E-state index contributed by atoms with van der Waals surface area (Å²) in [5, 5.41) is 6.18. The molecule has 41 heavy (non-hydrogen) atoms. The minimum atomic E-state index is -0.852. The molecule has 1 aromatic carbocycles. The number of methoxy groups -OCH3 is 1. The van der Waals surface area contributed by atoms with Crippen molar-refractivity contribution in [2.24, 2.45) is 11.7 Å². The molecule has 10 nitrogen and oxygen atoms in total. The number of nitrogens with zero attached hydrogens (tertiary/aromatic N) is 2. The molecule has 11 heteroatoms. The molecule has 0 saturated heterocycles. The predicted molar refractivity (Wildman–Crippen MR) is 155 cm³/mol. The maximum atomic E-state index is 15.3. The normalized spacial score (nSPS) is 12.7. The second-order valence-corrected chi connectivity index (χ2v) is 10.6. The Morgan fingerprint density at radius 1 is 1.07 bits per heavy atom. The smallest absolute Gasteiger partial charge is 0.306 e. The molecule has 4 N–H and O–H groups in total. The van der Waals surface area contributed by atoms with Crippen LogP contribution in [0, 0.1) is 11.7 Å². The average Bonchev–Trinajstić information content (AvgIpc) is 2.89. The largest absolute Gasteiger partial charge is 0.475 e. The Hall–Kier alpha value is -4.25. The van der Waals surface area contributed by atoms with Crippen LogP contribution >= 0.6 is 0 Å². The fraction of sp³-hybridized carbons (Fsp3) is 0.400. The SMILES string of the molecule is COCCOc1cc(Nc2nc(N[C@H](Cc3ccccc3)[C@H](C)CC(=O)OC(C)(C)C)c(F)cc2C(N)=O)ccn1. The summed E-state index contributed by atoms with van der Waals surface area (Å²) in [6, 6.07) is 13.5. The molecule has 1 amide bonds. The zero-order valence-corrected chi connectivity index (χ0v) is 24.1. The number of nitrogens with one attached hydrogen (secondary N) is 2. The van der Waals surface area contributed by atoms with Crippen molar-refractivity contribution in [3.63, 3.8) is 0 Å². The Kier molecular flexibility index (Phi) is 11.0. The van der Waals surface area contributed by atoms with E-state index in [4.69, 9.17) is 19.9 Å². The van der Waals surface area contributed by atoms with Crippen molar-refractivity contribution < 1.29 is 28.2 Å². The molecule has 0 aliphatic carbocycles. The van der Waals surface area contributed by atoms with Gasteiger partial charge in [0.1, 0.15) is 18.0 Å². The summed E-state index contributed by atoms with van der Waals surface area (Å²) >= 11 is 0. The molecule has 2 aromatic heterocycles. The maximum absolute atomic E-state index is 15.3. The van der Waals surface area contributed by atoms with Crippen LogP contribution in [0.15, 0.2) is 54.7 Å². The molecule has 0 aliphatic rings. The summed E-state index contributed by atoms with van der Waals surface area (Å²) in [7, 11) is 1.56. The number of rotatable bonds is 14. The van der Waals surface area contributed by atoms with Crippen LogP contribution in [0.5, 0.6) is 5.88 Å². The third kappa shape index (κ3) is 10.0. The third-order valence-electron chi connectivity index (χ3n) is 5.99. The number of aromatic nitrogens is 2. The lowest BCUT2D eigenvalue weighted by Crippen LogP contribution is -2.34. The quantitative estimate of drug-likeness (QED) is 0.184. The van der Waals surface area contributed by atoms with Crippen molar-refractivity contribution >= 4 is 29.2 Å². The van der Waals surface area contributed by atoms with Crippen LogP contribution in [0.3, 0.4) is 0 Å². The van der Waals surface area contributed by atoms with Crippen LogP contribution < -0.4 is 21.1 Å². The summed E-state index contributed by atoms with van der Waals surface area (Å²) in [5.74, 6) is -1.95. The highest BCUT2D eigenvalue weighted by Gasteiger charge is 2.26. The van der Waals surface area contributed by atoms with Gasteiger partial charge in [-0.05, 0) is 50.8 Å². The first-order valence-corrected chi connectivity index (χ1v) is 13.3. The summed E-state index contributed by atoms with van der Waals surface area (Å²) in [6.45, 7) is 7.99. The van der Waals surface area contributed by atoms with E-state index in [0.717, 1.165) is 11.6 Å². The molecular weight excluding hydrogens is 529 g/mol. The first kappa shape index (κ1) is 31.3. The fourth-order valence-electron chi connectivity index (χ4n) is 4.03. The van der Waals surface area contributed by atoms with Gasteiger partial charge in [-0.15, -0.1) is 0 Å². The van der Waals surface area contributed by atoms with Crippen LogP contribution in [-0.4, -0.2) is 53.8 Å². The molecule has 0 fully saturated rings. The van der Waals surface area contributed by atoms with E-state index in [1.165, 1.54) is 6.20 Å². The van der Waals surface area contributed by atoms with Crippen molar-refractivity contribution in [1.29, 1.82) is 0 Å². The summed E-state index contributed by atoms with van der Waals surface area (Å²) in [4.78, 5) is 33.3. The third-order valence-corrected chi connectivity index (χ3v) is 5.99. The zero-order valence-electron chi connectivity index (χ0n) is 24.1. The van der Waals surface area contributed by atoms with Crippen molar-refractivity contribution in [3.05, 3.63) is 71.7 Å². The molecular formula is C30H38FN5O5. The number of esters is 1. The second kappa shape index (κ2) is 14.4. The van der Waals surface area contributed by atoms with Crippen molar-refractivity contribution in [2.45, 2.75) is 52.2 Å². The minimum Gasteiger partial charge on any atom is -0.475 e. The maximum Gasteiger partial charge on any atom is 0.306 e. The van der Waals surface area contributed by atoms with Gasteiger partial charge in [0.05, 0.1) is 18.6 Å². The van der Waals surface area contributed by atoms with Crippen LogP contribution in [0.4, 0.5) is 21.7 Å². The highest BCUT2D eigenvalue weighted by Crippen LogP contribution is 2.27. The van der Waals surface area contributed by atoms with Gasteiger partial charge < -0.3 is 30.6 Å². The number of anilines is 3. The molecule has 0 spiro atoms. The highest BCUT2D eigenvalue weighted by atomic mass is 19.1.